The predicted octanol–water partition coefficient (Wildman–Crippen LogP) is 3.06. The third kappa shape index (κ3) is 3.96. The standard InChI is InChI=1S/C17H19N3O2S2/c1-23-11-15-19-13(10-24-15)9-18-17(22)12-4-6-14(7-5-12)20-8-2-3-16(20)21/h4-7,10H,2-3,8-9,11H2,1H3,(H,18,22). The van der Waals surface area contributed by atoms with E-state index in [1.54, 1.807) is 40.1 Å². The van der Waals surface area contributed by atoms with Crippen molar-refractivity contribution < 1.29 is 9.59 Å². The molecule has 0 aliphatic carbocycles. The van der Waals surface area contributed by atoms with E-state index in [2.05, 4.69) is 10.3 Å². The summed E-state index contributed by atoms with van der Waals surface area (Å²) in [5, 5.41) is 5.94. The molecule has 0 atom stereocenters. The van der Waals surface area contributed by atoms with E-state index >= 15 is 0 Å². The zero-order chi connectivity index (χ0) is 16.9. The summed E-state index contributed by atoms with van der Waals surface area (Å²) >= 11 is 3.35. The van der Waals surface area contributed by atoms with E-state index in [4.69, 9.17) is 0 Å². The van der Waals surface area contributed by atoms with Gasteiger partial charge in [0.2, 0.25) is 5.91 Å². The number of nitrogens with zero attached hydrogens (tertiary/aromatic N) is 2. The zero-order valence-corrected chi connectivity index (χ0v) is 15.1. The minimum atomic E-state index is -0.131. The van der Waals surface area contributed by atoms with E-state index in [0.29, 0.717) is 18.5 Å². The maximum absolute atomic E-state index is 12.2. The van der Waals surface area contributed by atoms with Crippen LogP contribution in [0.25, 0.3) is 0 Å². The Labute approximate surface area is 149 Å². The highest BCUT2D eigenvalue weighted by molar-refractivity contribution is 7.97. The van der Waals surface area contributed by atoms with Crippen LogP contribution in [-0.4, -0.2) is 29.6 Å². The number of hydrogen-bond acceptors (Lipinski definition) is 5. The summed E-state index contributed by atoms with van der Waals surface area (Å²) in [5.41, 5.74) is 2.33. The number of rotatable bonds is 6. The SMILES string of the molecule is CSCc1nc(CNC(=O)c2ccc(N3CCCC3=O)cc2)cs1. The summed E-state index contributed by atoms with van der Waals surface area (Å²) in [7, 11) is 0. The van der Waals surface area contributed by atoms with Gasteiger partial charge in [0.25, 0.3) is 5.91 Å². The number of nitrogens with one attached hydrogen (secondary N) is 1. The van der Waals surface area contributed by atoms with Crippen molar-refractivity contribution in [2.24, 2.45) is 0 Å². The minimum Gasteiger partial charge on any atom is -0.346 e. The lowest BCUT2D eigenvalue weighted by Gasteiger charge is -2.15. The van der Waals surface area contributed by atoms with Crippen molar-refractivity contribution in [3.05, 3.63) is 45.9 Å². The lowest BCUT2D eigenvalue weighted by Crippen LogP contribution is -2.25. The van der Waals surface area contributed by atoms with Crippen molar-refractivity contribution in [2.45, 2.75) is 25.1 Å². The number of carbonyl (C=O) groups is 2. The van der Waals surface area contributed by atoms with Crippen LogP contribution in [0.3, 0.4) is 0 Å². The van der Waals surface area contributed by atoms with Gasteiger partial charge >= 0.3 is 0 Å². The van der Waals surface area contributed by atoms with Crippen molar-refractivity contribution in [3.63, 3.8) is 0 Å². The average Bonchev–Trinajstić information content (AvgIpc) is 3.22. The monoisotopic (exact) mass is 361 g/mol. The molecule has 3 rings (SSSR count). The second-order valence-corrected chi connectivity index (χ2v) is 7.35. The van der Waals surface area contributed by atoms with Gasteiger partial charge in [-0.3, -0.25) is 9.59 Å². The molecule has 1 aliphatic heterocycles. The molecule has 1 aliphatic rings. The van der Waals surface area contributed by atoms with Crippen LogP contribution < -0.4 is 10.2 Å². The Hall–Kier alpha value is -1.86. The van der Waals surface area contributed by atoms with Crippen molar-refractivity contribution in [3.8, 4) is 0 Å². The molecule has 0 radical (unpaired) electrons. The highest BCUT2D eigenvalue weighted by atomic mass is 32.2. The molecule has 126 valence electrons. The first-order valence-electron chi connectivity index (χ1n) is 7.78. The van der Waals surface area contributed by atoms with Gasteiger partial charge in [-0.05, 0) is 36.9 Å². The van der Waals surface area contributed by atoms with Crippen molar-refractivity contribution in [2.75, 3.05) is 17.7 Å². The molecule has 1 fully saturated rings. The molecular formula is C17H19N3O2S2. The topological polar surface area (TPSA) is 62.3 Å². The maximum atomic E-state index is 12.2. The van der Waals surface area contributed by atoms with E-state index in [0.717, 1.165) is 35.1 Å². The number of amides is 2. The Morgan fingerprint density at radius 3 is 2.83 bits per heavy atom. The van der Waals surface area contributed by atoms with Crippen LogP contribution in [0.4, 0.5) is 5.69 Å². The number of carbonyl (C=O) groups excluding carboxylic acids is 2. The smallest absolute Gasteiger partial charge is 0.251 e. The molecule has 1 N–H and O–H groups in total. The molecule has 0 unspecified atom stereocenters. The van der Waals surface area contributed by atoms with Crippen LogP contribution in [0, 0.1) is 0 Å². The fraction of sp³-hybridized carbons (Fsp3) is 0.353. The van der Waals surface area contributed by atoms with Gasteiger partial charge in [0.05, 0.1) is 12.2 Å². The largest absolute Gasteiger partial charge is 0.346 e. The van der Waals surface area contributed by atoms with Crippen LogP contribution in [-0.2, 0) is 17.1 Å². The summed E-state index contributed by atoms with van der Waals surface area (Å²) in [5.74, 6) is 0.917. The highest BCUT2D eigenvalue weighted by Gasteiger charge is 2.21. The number of benzene rings is 1. The zero-order valence-electron chi connectivity index (χ0n) is 13.4. The van der Waals surface area contributed by atoms with Gasteiger partial charge in [0.15, 0.2) is 0 Å². The molecule has 5 nitrogen and oxygen atoms in total. The Bertz CT molecular complexity index is 728. The minimum absolute atomic E-state index is 0.131. The van der Waals surface area contributed by atoms with Crippen LogP contribution in [0.5, 0.6) is 0 Å². The van der Waals surface area contributed by atoms with Crippen LogP contribution >= 0.6 is 23.1 Å². The molecule has 7 heteroatoms. The normalized spacial score (nSPS) is 14.2. The molecule has 2 heterocycles. The van der Waals surface area contributed by atoms with Gasteiger partial charge in [0.1, 0.15) is 5.01 Å². The summed E-state index contributed by atoms with van der Waals surface area (Å²) < 4.78 is 0. The Morgan fingerprint density at radius 2 is 2.17 bits per heavy atom. The van der Waals surface area contributed by atoms with E-state index in [1.165, 1.54) is 0 Å². The third-order valence-corrected chi connectivity index (χ3v) is 5.45. The van der Waals surface area contributed by atoms with Gasteiger partial charge in [-0.25, -0.2) is 4.98 Å². The summed E-state index contributed by atoms with van der Waals surface area (Å²) in [6.07, 6.45) is 3.55. The predicted molar refractivity (Wildman–Crippen MR) is 98.5 cm³/mol. The van der Waals surface area contributed by atoms with Crippen LogP contribution in [0.2, 0.25) is 0 Å². The molecule has 24 heavy (non-hydrogen) atoms. The van der Waals surface area contributed by atoms with Gasteiger partial charge in [0, 0.05) is 35.3 Å². The number of thioether (sulfide) groups is 1. The molecule has 2 aromatic rings. The van der Waals surface area contributed by atoms with Gasteiger partial charge in [-0.15, -0.1) is 11.3 Å². The lowest BCUT2D eigenvalue weighted by molar-refractivity contribution is -0.117. The molecule has 1 saturated heterocycles. The van der Waals surface area contributed by atoms with Crippen molar-refractivity contribution in [1.82, 2.24) is 10.3 Å². The Morgan fingerprint density at radius 1 is 1.38 bits per heavy atom. The maximum Gasteiger partial charge on any atom is 0.251 e. The van der Waals surface area contributed by atoms with Gasteiger partial charge in [-0.1, -0.05) is 0 Å². The van der Waals surface area contributed by atoms with Crippen LogP contribution in [0.15, 0.2) is 29.6 Å². The van der Waals surface area contributed by atoms with Crippen molar-refractivity contribution in [1.29, 1.82) is 0 Å². The number of thiazole rings is 1. The fourth-order valence-corrected chi connectivity index (χ4v) is 4.12. The van der Waals surface area contributed by atoms with E-state index in [-0.39, 0.29) is 11.8 Å². The third-order valence-electron chi connectivity index (χ3n) is 3.81. The quantitative estimate of drug-likeness (QED) is 0.859. The number of anilines is 1. The number of aromatic nitrogens is 1. The Balaban J connectivity index is 1.57. The highest BCUT2D eigenvalue weighted by Crippen LogP contribution is 2.21. The molecular weight excluding hydrogens is 342 g/mol. The first-order chi connectivity index (χ1) is 11.7. The molecule has 0 spiro atoms. The first-order valence-corrected chi connectivity index (χ1v) is 10.1. The summed E-state index contributed by atoms with van der Waals surface area (Å²) in [6.45, 7) is 1.18. The molecule has 1 aromatic heterocycles. The van der Waals surface area contributed by atoms with Crippen LogP contribution in [0.1, 0.15) is 33.9 Å². The molecule has 1 aromatic carbocycles. The second-order valence-electron chi connectivity index (χ2n) is 5.54. The fourth-order valence-electron chi connectivity index (χ4n) is 2.61. The van der Waals surface area contributed by atoms with Gasteiger partial charge in [-0.2, -0.15) is 11.8 Å². The summed E-state index contributed by atoms with van der Waals surface area (Å²) in [4.78, 5) is 30.2. The first kappa shape index (κ1) is 17.0. The van der Waals surface area contributed by atoms with E-state index in [9.17, 15) is 9.59 Å². The van der Waals surface area contributed by atoms with E-state index < -0.39 is 0 Å². The lowest BCUT2D eigenvalue weighted by atomic mass is 10.2. The van der Waals surface area contributed by atoms with Crippen molar-refractivity contribution >= 4 is 40.6 Å². The van der Waals surface area contributed by atoms with E-state index in [1.807, 2.05) is 23.8 Å². The molecule has 0 saturated carbocycles. The molecule has 2 amide bonds. The van der Waals surface area contributed by atoms with Gasteiger partial charge < -0.3 is 10.2 Å². The summed E-state index contributed by atoms with van der Waals surface area (Å²) in [6, 6.07) is 7.18. The number of hydrogen-bond donors (Lipinski definition) is 1. The average molecular weight is 361 g/mol. The Kier molecular flexibility index (Phi) is 5.52. The molecule has 0 bridgehead atoms. The second kappa shape index (κ2) is 7.81.